The van der Waals surface area contributed by atoms with Crippen LogP contribution in [0.25, 0.3) is 6.08 Å². The van der Waals surface area contributed by atoms with E-state index in [0.29, 0.717) is 17.1 Å². The third-order valence-electron chi connectivity index (χ3n) is 7.48. The molecule has 3 heterocycles. The highest BCUT2D eigenvalue weighted by Crippen LogP contribution is 2.36. The van der Waals surface area contributed by atoms with Crippen molar-refractivity contribution in [3.63, 3.8) is 0 Å². The van der Waals surface area contributed by atoms with Gasteiger partial charge in [-0.15, -0.1) is 24.5 Å². The second-order valence-electron chi connectivity index (χ2n) is 10.6. The van der Waals surface area contributed by atoms with Crippen LogP contribution in [0.5, 0.6) is 0 Å². The van der Waals surface area contributed by atoms with Gasteiger partial charge in [0.25, 0.3) is 0 Å². The number of epoxide rings is 1. The Labute approximate surface area is 224 Å². The van der Waals surface area contributed by atoms with Crippen molar-refractivity contribution in [1.82, 2.24) is 4.98 Å². The van der Waals surface area contributed by atoms with Crippen molar-refractivity contribution < 1.29 is 34.4 Å². The Kier molecular flexibility index (Phi) is 11.6. The maximum absolute atomic E-state index is 13.2. The standard InChI is InChI=1S/C26H39NO7S.C2H4/c1-14-7-6-8-18-20(33-18)10-19(15(2)9-17-13-35-22(12-28)27-17)34-23(30)11-21(29)26(4,5)25(32)16(3)24(14)31;1-2/h9,13-14,16,18-21,24,28-29,31H,6-8,10-12H2,1-5H3;1-2H2/b15-9+;/t14?,16?,18-,19+,20+,21?,24+;/m1./s1. The molecule has 7 atom stereocenters. The molecule has 0 amide bonds. The first-order valence-corrected chi connectivity index (χ1v) is 13.8. The first-order valence-electron chi connectivity index (χ1n) is 12.9. The number of hydrogen-bond donors (Lipinski definition) is 3. The minimum atomic E-state index is -1.25. The van der Waals surface area contributed by atoms with Crippen LogP contribution < -0.4 is 0 Å². The number of nitrogens with zero attached hydrogens (tertiary/aromatic N) is 1. The molecule has 9 heteroatoms. The van der Waals surface area contributed by atoms with E-state index in [4.69, 9.17) is 9.47 Å². The van der Waals surface area contributed by atoms with Crippen molar-refractivity contribution in [1.29, 1.82) is 0 Å². The van der Waals surface area contributed by atoms with Gasteiger partial charge in [-0.3, -0.25) is 9.59 Å². The predicted molar refractivity (Wildman–Crippen MR) is 144 cm³/mol. The number of fused-ring (bicyclic) bond motifs is 1. The molecule has 0 aromatic carbocycles. The molecule has 0 saturated carbocycles. The van der Waals surface area contributed by atoms with Gasteiger partial charge in [0.15, 0.2) is 0 Å². The zero-order valence-corrected chi connectivity index (χ0v) is 23.5. The second kappa shape index (κ2) is 13.8. The number of aliphatic hydroxyl groups excluding tert-OH is 3. The van der Waals surface area contributed by atoms with Gasteiger partial charge in [-0.2, -0.15) is 0 Å². The molecule has 0 bridgehead atoms. The molecule has 2 fully saturated rings. The Hall–Kier alpha value is -1.91. The number of ether oxygens (including phenoxy) is 2. The Morgan fingerprint density at radius 3 is 2.51 bits per heavy atom. The monoisotopic (exact) mass is 537 g/mol. The van der Waals surface area contributed by atoms with E-state index in [0.717, 1.165) is 24.8 Å². The molecule has 2 aliphatic heterocycles. The van der Waals surface area contributed by atoms with Crippen LogP contribution in [0.1, 0.15) is 77.4 Å². The molecule has 1 aromatic heterocycles. The van der Waals surface area contributed by atoms with Gasteiger partial charge in [-0.25, -0.2) is 4.98 Å². The van der Waals surface area contributed by atoms with Gasteiger partial charge in [0, 0.05) is 17.7 Å². The first kappa shape index (κ1) is 31.3. The number of cyclic esters (lactones) is 1. The Morgan fingerprint density at radius 1 is 1.22 bits per heavy atom. The van der Waals surface area contributed by atoms with Gasteiger partial charge in [-0.1, -0.05) is 34.1 Å². The number of aromatic nitrogens is 1. The highest BCUT2D eigenvalue weighted by molar-refractivity contribution is 7.09. The normalized spacial score (nSPS) is 33.5. The number of carbonyl (C=O) groups excluding carboxylic acids is 2. The average Bonchev–Trinajstić information content (AvgIpc) is 3.44. The van der Waals surface area contributed by atoms with E-state index in [9.17, 15) is 24.9 Å². The van der Waals surface area contributed by atoms with E-state index in [2.05, 4.69) is 18.1 Å². The van der Waals surface area contributed by atoms with E-state index < -0.39 is 35.6 Å². The number of esters is 1. The van der Waals surface area contributed by atoms with Crippen LogP contribution >= 0.6 is 11.3 Å². The fourth-order valence-electron chi connectivity index (χ4n) is 4.80. The number of hydrogen-bond acceptors (Lipinski definition) is 9. The van der Waals surface area contributed by atoms with Gasteiger partial charge in [0.2, 0.25) is 0 Å². The van der Waals surface area contributed by atoms with Crippen LogP contribution in [0.2, 0.25) is 0 Å². The molecule has 2 saturated heterocycles. The van der Waals surface area contributed by atoms with Gasteiger partial charge in [-0.05, 0) is 37.3 Å². The van der Waals surface area contributed by atoms with Crippen molar-refractivity contribution >= 4 is 29.2 Å². The van der Waals surface area contributed by atoms with E-state index in [1.54, 1.807) is 20.8 Å². The molecule has 3 N–H and O–H groups in total. The van der Waals surface area contributed by atoms with Crippen LogP contribution in [0.4, 0.5) is 0 Å². The first-order chi connectivity index (χ1) is 17.4. The van der Waals surface area contributed by atoms with Gasteiger partial charge in [0.1, 0.15) is 16.9 Å². The van der Waals surface area contributed by atoms with E-state index in [1.807, 2.05) is 25.3 Å². The summed E-state index contributed by atoms with van der Waals surface area (Å²) in [5.74, 6) is -1.61. The summed E-state index contributed by atoms with van der Waals surface area (Å²) in [6, 6.07) is 0. The Bertz CT molecular complexity index is 943. The SMILES string of the molecule is C/C(=C\c1csc(CO)n1)[C@@H]1C[C@@H]2O[C@@H]2CCCC(C)[C@H](O)C(C)C(=O)C(C)(C)C(O)CC(=O)O1.C=C. The molecule has 8 nitrogen and oxygen atoms in total. The largest absolute Gasteiger partial charge is 0.458 e. The maximum Gasteiger partial charge on any atom is 0.309 e. The van der Waals surface area contributed by atoms with E-state index >= 15 is 0 Å². The van der Waals surface area contributed by atoms with Gasteiger partial charge < -0.3 is 24.8 Å². The van der Waals surface area contributed by atoms with Crippen LogP contribution in [-0.4, -0.2) is 62.6 Å². The fourth-order valence-corrected chi connectivity index (χ4v) is 5.41. The summed E-state index contributed by atoms with van der Waals surface area (Å²) in [7, 11) is 0. The zero-order chi connectivity index (χ0) is 27.9. The molecule has 0 spiro atoms. The lowest BCUT2D eigenvalue weighted by atomic mass is 9.73. The summed E-state index contributed by atoms with van der Waals surface area (Å²) in [4.78, 5) is 30.4. The van der Waals surface area contributed by atoms with Crippen LogP contribution in [0.15, 0.2) is 24.1 Å². The van der Waals surface area contributed by atoms with Crippen molar-refractivity contribution in [2.45, 2.75) is 104 Å². The van der Waals surface area contributed by atoms with E-state index in [-0.39, 0.29) is 36.9 Å². The molecule has 37 heavy (non-hydrogen) atoms. The molecular formula is C28H43NO7S. The maximum atomic E-state index is 13.2. The van der Waals surface area contributed by atoms with Gasteiger partial charge >= 0.3 is 5.97 Å². The van der Waals surface area contributed by atoms with E-state index in [1.165, 1.54) is 11.3 Å². The number of rotatable bonds is 3. The number of Topliss-reactive ketones (excluding diaryl/α,β-unsaturated/α-hetero) is 1. The Balaban J connectivity index is 0.00000235. The summed E-state index contributed by atoms with van der Waals surface area (Å²) in [5, 5.41) is 33.3. The number of aliphatic hydroxyl groups is 3. The lowest BCUT2D eigenvalue weighted by molar-refractivity contribution is -0.154. The fraction of sp³-hybridized carbons (Fsp3) is 0.679. The van der Waals surface area contributed by atoms with Crippen LogP contribution in [0, 0.1) is 17.3 Å². The molecule has 0 radical (unpaired) electrons. The topological polar surface area (TPSA) is 129 Å². The molecular weight excluding hydrogens is 494 g/mol. The summed E-state index contributed by atoms with van der Waals surface area (Å²) in [6.07, 6.45) is 1.86. The molecule has 3 unspecified atom stereocenters. The predicted octanol–water partition coefficient (Wildman–Crippen LogP) is 4.07. The number of ketones is 1. The number of carbonyl (C=O) groups is 2. The third-order valence-corrected chi connectivity index (χ3v) is 8.33. The lowest BCUT2D eigenvalue weighted by Gasteiger charge is -2.34. The third kappa shape index (κ3) is 8.29. The van der Waals surface area contributed by atoms with Crippen LogP contribution in [0.3, 0.4) is 0 Å². The summed E-state index contributed by atoms with van der Waals surface area (Å²) in [6.45, 7) is 14.6. The smallest absolute Gasteiger partial charge is 0.309 e. The van der Waals surface area contributed by atoms with Crippen molar-refractivity contribution in [2.75, 3.05) is 0 Å². The summed E-state index contributed by atoms with van der Waals surface area (Å²) < 4.78 is 11.7. The van der Waals surface area contributed by atoms with Crippen LogP contribution in [-0.2, 0) is 25.7 Å². The molecule has 2 aliphatic rings. The number of thiazole rings is 1. The molecule has 1 aromatic rings. The second-order valence-corrected chi connectivity index (χ2v) is 11.6. The highest BCUT2D eigenvalue weighted by atomic mass is 32.1. The summed E-state index contributed by atoms with van der Waals surface area (Å²) in [5.41, 5.74) is 0.253. The average molecular weight is 538 g/mol. The minimum Gasteiger partial charge on any atom is -0.458 e. The van der Waals surface area contributed by atoms with Gasteiger partial charge in [0.05, 0.1) is 48.6 Å². The highest BCUT2D eigenvalue weighted by Gasteiger charge is 2.44. The quantitative estimate of drug-likeness (QED) is 0.299. The van der Waals surface area contributed by atoms with Crippen molar-refractivity contribution in [2.24, 2.45) is 17.3 Å². The molecule has 0 aliphatic carbocycles. The van der Waals surface area contributed by atoms with Crippen molar-refractivity contribution in [3.05, 3.63) is 34.8 Å². The summed E-state index contributed by atoms with van der Waals surface area (Å²) >= 11 is 1.35. The van der Waals surface area contributed by atoms with Crippen molar-refractivity contribution in [3.8, 4) is 0 Å². The minimum absolute atomic E-state index is 0.0328. The molecule has 3 rings (SSSR count). The lowest BCUT2D eigenvalue weighted by Crippen LogP contribution is -2.45. The molecule has 208 valence electrons. The Morgan fingerprint density at radius 2 is 1.89 bits per heavy atom. The zero-order valence-electron chi connectivity index (χ0n) is 22.7.